The van der Waals surface area contributed by atoms with Gasteiger partial charge in [-0.05, 0) is 75.9 Å². The molecular formula is C13H11I2NO. The van der Waals surface area contributed by atoms with Crippen LogP contribution in [-0.2, 0) is 0 Å². The number of hydrogen-bond acceptors (Lipinski definition) is 1. The van der Waals surface area contributed by atoms with Crippen molar-refractivity contribution >= 4 is 45.2 Å². The zero-order valence-electron chi connectivity index (χ0n) is 9.23. The first kappa shape index (κ1) is 13.1. The van der Waals surface area contributed by atoms with Gasteiger partial charge in [0, 0.05) is 19.4 Å². The molecule has 0 aliphatic rings. The molecule has 0 spiro atoms. The fraction of sp³-hybridized carbons (Fsp3) is 0.154. The van der Waals surface area contributed by atoms with Gasteiger partial charge in [0.05, 0.1) is 6.04 Å². The van der Waals surface area contributed by atoms with Crippen molar-refractivity contribution < 1.29 is 0 Å². The van der Waals surface area contributed by atoms with E-state index in [1.807, 2.05) is 31.3 Å². The van der Waals surface area contributed by atoms with Crippen LogP contribution in [0.5, 0.6) is 0 Å². The molecule has 0 N–H and O–H groups in total. The monoisotopic (exact) mass is 451 g/mol. The summed E-state index contributed by atoms with van der Waals surface area (Å²) in [6.07, 6.45) is 1.86. The summed E-state index contributed by atoms with van der Waals surface area (Å²) in [6, 6.07) is 11.9. The Kier molecular flexibility index (Phi) is 4.24. The Hall–Kier alpha value is -0.370. The number of rotatable bonds is 2. The highest BCUT2D eigenvalue weighted by molar-refractivity contribution is 14.1. The molecule has 0 bridgehead atoms. The van der Waals surface area contributed by atoms with Crippen LogP contribution >= 0.6 is 45.2 Å². The second-order valence-electron chi connectivity index (χ2n) is 3.82. The highest BCUT2D eigenvalue weighted by Gasteiger charge is 2.09. The van der Waals surface area contributed by atoms with Gasteiger partial charge in [-0.1, -0.05) is 12.1 Å². The van der Waals surface area contributed by atoms with E-state index in [0.29, 0.717) is 0 Å². The lowest BCUT2D eigenvalue weighted by molar-refractivity contribution is 0.613. The van der Waals surface area contributed by atoms with E-state index < -0.39 is 0 Å². The van der Waals surface area contributed by atoms with Crippen LogP contribution in [0.4, 0.5) is 0 Å². The first-order valence-electron chi connectivity index (χ1n) is 5.21. The van der Waals surface area contributed by atoms with Crippen molar-refractivity contribution in [3.8, 4) is 0 Å². The van der Waals surface area contributed by atoms with Gasteiger partial charge in [0.15, 0.2) is 0 Å². The van der Waals surface area contributed by atoms with Crippen molar-refractivity contribution in [2.45, 2.75) is 13.0 Å². The van der Waals surface area contributed by atoms with Gasteiger partial charge in [0.25, 0.3) is 5.56 Å². The molecule has 2 nitrogen and oxygen atoms in total. The van der Waals surface area contributed by atoms with Crippen LogP contribution in [-0.4, -0.2) is 4.57 Å². The molecule has 0 saturated carbocycles. The lowest BCUT2D eigenvalue weighted by Crippen LogP contribution is -2.22. The average molecular weight is 451 g/mol. The summed E-state index contributed by atoms with van der Waals surface area (Å²) in [7, 11) is 0. The zero-order chi connectivity index (χ0) is 12.4. The topological polar surface area (TPSA) is 22.0 Å². The Balaban J connectivity index is 2.44. The lowest BCUT2D eigenvalue weighted by Gasteiger charge is -2.15. The van der Waals surface area contributed by atoms with Gasteiger partial charge in [-0.25, -0.2) is 0 Å². The maximum absolute atomic E-state index is 11.9. The minimum atomic E-state index is 0.0447. The van der Waals surface area contributed by atoms with Gasteiger partial charge in [-0.3, -0.25) is 4.79 Å². The van der Waals surface area contributed by atoms with Crippen LogP contribution in [0.2, 0.25) is 0 Å². The predicted octanol–water partition coefficient (Wildman–Crippen LogP) is 3.67. The van der Waals surface area contributed by atoms with Gasteiger partial charge in [-0.2, -0.15) is 0 Å². The predicted molar refractivity (Wildman–Crippen MR) is 86.4 cm³/mol. The van der Waals surface area contributed by atoms with Crippen LogP contribution in [0.3, 0.4) is 0 Å². The van der Waals surface area contributed by atoms with Gasteiger partial charge in [-0.15, -0.1) is 0 Å². The largest absolute Gasteiger partial charge is 0.308 e. The molecule has 0 amide bonds. The molecule has 2 rings (SSSR count). The Morgan fingerprint density at radius 2 is 1.82 bits per heavy atom. The molecule has 0 aliphatic heterocycles. The van der Waals surface area contributed by atoms with Crippen LogP contribution in [0.25, 0.3) is 0 Å². The first-order valence-corrected chi connectivity index (χ1v) is 7.37. The summed E-state index contributed by atoms with van der Waals surface area (Å²) in [4.78, 5) is 11.9. The molecule has 88 valence electrons. The zero-order valence-corrected chi connectivity index (χ0v) is 13.5. The number of hydrogen-bond donors (Lipinski definition) is 0. The summed E-state index contributed by atoms with van der Waals surface area (Å²) in [6.45, 7) is 2.04. The number of halogens is 2. The molecule has 0 aliphatic carbocycles. The summed E-state index contributed by atoms with van der Waals surface area (Å²) in [5.74, 6) is 0. The molecule has 1 aromatic carbocycles. The van der Waals surface area contributed by atoms with Crippen molar-refractivity contribution in [3.05, 3.63) is 65.7 Å². The van der Waals surface area contributed by atoms with Crippen molar-refractivity contribution in [3.63, 3.8) is 0 Å². The van der Waals surface area contributed by atoms with Crippen LogP contribution in [0, 0.1) is 7.14 Å². The molecule has 1 aromatic heterocycles. The highest BCUT2D eigenvalue weighted by Crippen LogP contribution is 2.18. The Labute approximate surface area is 127 Å². The fourth-order valence-corrected chi connectivity index (χ4v) is 2.71. The van der Waals surface area contributed by atoms with E-state index in [2.05, 4.69) is 57.3 Å². The lowest BCUT2D eigenvalue weighted by atomic mass is 10.1. The summed E-state index contributed by atoms with van der Waals surface area (Å²) in [5, 5.41) is 0. The van der Waals surface area contributed by atoms with Gasteiger partial charge >= 0.3 is 0 Å². The third-order valence-electron chi connectivity index (χ3n) is 2.66. The Bertz CT molecular complexity index is 592. The second kappa shape index (κ2) is 5.51. The second-order valence-corrected chi connectivity index (χ2v) is 6.31. The SMILES string of the molecule is CC(c1cccc(I)c1)n1ccc(I)cc1=O. The van der Waals surface area contributed by atoms with E-state index in [-0.39, 0.29) is 11.6 Å². The molecule has 17 heavy (non-hydrogen) atoms. The van der Waals surface area contributed by atoms with Crippen molar-refractivity contribution in [2.24, 2.45) is 0 Å². The van der Waals surface area contributed by atoms with Crippen LogP contribution in [0.1, 0.15) is 18.5 Å². The standard InChI is InChI=1S/C13H11I2NO/c1-9(10-3-2-4-11(14)7-10)16-6-5-12(15)8-13(16)17/h2-9H,1H3. The Morgan fingerprint density at radius 3 is 2.47 bits per heavy atom. The quantitative estimate of drug-likeness (QED) is 0.640. The maximum atomic E-state index is 11.9. The molecule has 2 aromatic rings. The minimum Gasteiger partial charge on any atom is -0.308 e. The van der Waals surface area contributed by atoms with E-state index in [4.69, 9.17) is 0 Å². The Morgan fingerprint density at radius 1 is 1.12 bits per heavy atom. The molecule has 0 saturated heterocycles. The molecule has 1 heterocycles. The maximum Gasteiger partial charge on any atom is 0.252 e. The van der Waals surface area contributed by atoms with E-state index in [1.54, 1.807) is 10.6 Å². The molecule has 4 heteroatoms. The fourth-order valence-electron chi connectivity index (χ4n) is 1.71. The minimum absolute atomic E-state index is 0.0447. The highest BCUT2D eigenvalue weighted by atomic mass is 127. The molecule has 1 atom stereocenters. The van der Waals surface area contributed by atoms with Crippen LogP contribution in [0.15, 0.2) is 47.4 Å². The molecule has 1 unspecified atom stereocenters. The summed E-state index contributed by atoms with van der Waals surface area (Å²) in [5.41, 5.74) is 1.20. The summed E-state index contributed by atoms with van der Waals surface area (Å²) >= 11 is 4.43. The summed E-state index contributed by atoms with van der Waals surface area (Å²) < 4.78 is 3.91. The normalized spacial score (nSPS) is 12.4. The van der Waals surface area contributed by atoms with Gasteiger partial charge < -0.3 is 4.57 Å². The number of nitrogens with zero attached hydrogens (tertiary/aromatic N) is 1. The van der Waals surface area contributed by atoms with E-state index in [0.717, 1.165) is 9.13 Å². The van der Waals surface area contributed by atoms with E-state index >= 15 is 0 Å². The van der Waals surface area contributed by atoms with Crippen molar-refractivity contribution in [2.75, 3.05) is 0 Å². The molecule has 0 fully saturated rings. The average Bonchev–Trinajstić information content (AvgIpc) is 2.28. The van der Waals surface area contributed by atoms with Crippen LogP contribution < -0.4 is 5.56 Å². The third-order valence-corrected chi connectivity index (χ3v) is 4.00. The third kappa shape index (κ3) is 3.09. The van der Waals surface area contributed by atoms with Crippen molar-refractivity contribution in [1.29, 1.82) is 0 Å². The van der Waals surface area contributed by atoms with Crippen molar-refractivity contribution in [1.82, 2.24) is 4.57 Å². The number of benzene rings is 1. The first-order chi connectivity index (χ1) is 8.08. The molecular weight excluding hydrogens is 440 g/mol. The van der Waals surface area contributed by atoms with Gasteiger partial charge in [0.1, 0.15) is 0 Å². The van der Waals surface area contributed by atoms with E-state index in [1.165, 1.54) is 3.57 Å². The van der Waals surface area contributed by atoms with Gasteiger partial charge in [0.2, 0.25) is 0 Å². The smallest absolute Gasteiger partial charge is 0.252 e. The molecule has 0 radical (unpaired) electrons. The number of pyridine rings is 1. The number of aromatic nitrogens is 1. The van der Waals surface area contributed by atoms with E-state index in [9.17, 15) is 4.79 Å².